The number of carbonyl (C=O) groups excluding carboxylic acids is 1. The van der Waals surface area contributed by atoms with E-state index in [1.165, 1.54) is 0 Å². The Labute approximate surface area is 144 Å². The van der Waals surface area contributed by atoms with Crippen LogP contribution in [-0.4, -0.2) is 23.6 Å². The van der Waals surface area contributed by atoms with E-state index in [2.05, 4.69) is 5.32 Å². The number of nitrogens with one attached hydrogen (secondary N) is 1. The van der Waals surface area contributed by atoms with E-state index in [1.807, 2.05) is 0 Å². The monoisotopic (exact) mass is 348 g/mol. The van der Waals surface area contributed by atoms with Crippen LogP contribution in [0.4, 0.5) is 0 Å². The first-order valence-electron chi connectivity index (χ1n) is 7.18. The minimum Gasteiger partial charge on any atom is -0.483 e. The summed E-state index contributed by atoms with van der Waals surface area (Å²) in [5.74, 6) is -0.973. The molecule has 2 rings (SSSR count). The van der Waals surface area contributed by atoms with Crippen molar-refractivity contribution in [2.45, 2.75) is 13.1 Å². The van der Waals surface area contributed by atoms with Crippen LogP contribution in [0.5, 0.6) is 5.75 Å². The summed E-state index contributed by atoms with van der Waals surface area (Å²) in [5, 5.41) is 12.7. The topological polar surface area (TPSA) is 102 Å². The molecule has 0 bridgehead atoms. The molecule has 2 aromatic carbocycles. The molecule has 0 radical (unpaired) electrons. The maximum absolute atomic E-state index is 10.8. The van der Waals surface area contributed by atoms with E-state index in [0.717, 1.165) is 11.1 Å². The molecular formula is C17H17ClN2O4. The summed E-state index contributed by atoms with van der Waals surface area (Å²) in [4.78, 5) is 21.7. The van der Waals surface area contributed by atoms with Crippen LogP contribution in [0, 0.1) is 0 Å². The third-order valence-electron chi connectivity index (χ3n) is 3.24. The van der Waals surface area contributed by atoms with E-state index >= 15 is 0 Å². The molecule has 126 valence electrons. The molecule has 0 spiro atoms. The lowest BCUT2D eigenvalue weighted by molar-refractivity contribution is -0.119. The second-order valence-electron chi connectivity index (χ2n) is 5.11. The van der Waals surface area contributed by atoms with Crippen LogP contribution in [-0.2, 0) is 17.9 Å². The SMILES string of the molecule is NC(=O)COc1ccc(Cl)cc1CNCc1ccc(C(=O)O)cc1. The summed E-state index contributed by atoms with van der Waals surface area (Å²) >= 11 is 5.99. The van der Waals surface area contributed by atoms with Crippen molar-refractivity contribution in [3.8, 4) is 5.75 Å². The molecular weight excluding hydrogens is 332 g/mol. The number of aromatic carboxylic acids is 1. The molecule has 24 heavy (non-hydrogen) atoms. The minimum atomic E-state index is -0.954. The van der Waals surface area contributed by atoms with Crippen LogP contribution in [0.2, 0.25) is 5.02 Å². The smallest absolute Gasteiger partial charge is 0.335 e. The van der Waals surface area contributed by atoms with Gasteiger partial charge in [-0.25, -0.2) is 4.79 Å². The summed E-state index contributed by atoms with van der Waals surface area (Å²) < 4.78 is 5.36. The lowest BCUT2D eigenvalue weighted by Crippen LogP contribution is -2.21. The lowest BCUT2D eigenvalue weighted by atomic mass is 10.1. The number of rotatable bonds is 8. The van der Waals surface area contributed by atoms with E-state index < -0.39 is 11.9 Å². The first-order valence-corrected chi connectivity index (χ1v) is 7.56. The lowest BCUT2D eigenvalue weighted by Gasteiger charge is -2.12. The fourth-order valence-corrected chi connectivity index (χ4v) is 2.28. The van der Waals surface area contributed by atoms with Gasteiger partial charge in [0.2, 0.25) is 0 Å². The number of carboxylic acid groups (broad SMARTS) is 1. The molecule has 0 aliphatic rings. The van der Waals surface area contributed by atoms with Crippen molar-refractivity contribution in [2.24, 2.45) is 5.73 Å². The van der Waals surface area contributed by atoms with Gasteiger partial charge in [-0.1, -0.05) is 23.7 Å². The molecule has 0 unspecified atom stereocenters. The number of hydrogen-bond donors (Lipinski definition) is 3. The second kappa shape index (κ2) is 8.33. The third kappa shape index (κ3) is 5.26. The molecule has 0 aromatic heterocycles. The summed E-state index contributed by atoms with van der Waals surface area (Å²) in [6.45, 7) is 0.808. The predicted octanol–water partition coefficient (Wildman–Crippen LogP) is 2.19. The van der Waals surface area contributed by atoms with Gasteiger partial charge in [-0.3, -0.25) is 4.79 Å². The number of ether oxygens (including phenoxy) is 1. The molecule has 0 fully saturated rings. The molecule has 0 atom stereocenters. The van der Waals surface area contributed by atoms with Gasteiger partial charge in [0.25, 0.3) is 5.91 Å². The van der Waals surface area contributed by atoms with E-state index in [0.29, 0.717) is 23.9 Å². The normalized spacial score (nSPS) is 10.4. The number of halogens is 1. The average molecular weight is 349 g/mol. The number of nitrogens with two attached hydrogens (primary N) is 1. The van der Waals surface area contributed by atoms with Crippen molar-refractivity contribution in [3.63, 3.8) is 0 Å². The van der Waals surface area contributed by atoms with Gasteiger partial charge in [-0.05, 0) is 35.9 Å². The molecule has 7 heteroatoms. The van der Waals surface area contributed by atoms with Crippen molar-refractivity contribution in [1.82, 2.24) is 5.32 Å². The summed E-state index contributed by atoms with van der Waals surface area (Å²) in [5.41, 5.74) is 7.07. The van der Waals surface area contributed by atoms with E-state index in [-0.39, 0.29) is 12.2 Å². The van der Waals surface area contributed by atoms with Crippen molar-refractivity contribution >= 4 is 23.5 Å². The maximum Gasteiger partial charge on any atom is 0.335 e. The van der Waals surface area contributed by atoms with Gasteiger partial charge in [0, 0.05) is 23.7 Å². The van der Waals surface area contributed by atoms with Gasteiger partial charge in [-0.2, -0.15) is 0 Å². The Hall–Kier alpha value is -2.57. The van der Waals surface area contributed by atoms with Crippen molar-refractivity contribution in [1.29, 1.82) is 0 Å². The highest BCUT2D eigenvalue weighted by Crippen LogP contribution is 2.23. The van der Waals surface area contributed by atoms with E-state index in [9.17, 15) is 9.59 Å². The fourth-order valence-electron chi connectivity index (χ4n) is 2.08. The highest BCUT2D eigenvalue weighted by atomic mass is 35.5. The summed E-state index contributed by atoms with van der Waals surface area (Å²) in [7, 11) is 0. The first kappa shape index (κ1) is 17.8. The van der Waals surface area contributed by atoms with Crippen LogP contribution >= 0.6 is 11.6 Å². The molecule has 4 N–H and O–H groups in total. The van der Waals surface area contributed by atoms with Gasteiger partial charge in [0.1, 0.15) is 5.75 Å². The van der Waals surface area contributed by atoms with Crippen LogP contribution in [0.3, 0.4) is 0 Å². The highest BCUT2D eigenvalue weighted by Gasteiger charge is 2.07. The summed E-state index contributed by atoms with van der Waals surface area (Å²) in [6.07, 6.45) is 0. The Morgan fingerprint density at radius 1 is 1.12 bits per heavy atom. The van der Waals surface area contributed by atoms with Crippen LogP contribution in [0.25, 0.3) is 0 Å². The Morgan fingerprint density at radius 3 is 2.46 bits per heavy atom. The predicted molar refractivity (Wildman–Crippen MR) is 90.1 cm³/mol. The molecule has 1 amide bonds. The molecule has 0 saturated carbocycles. The van der Waals surface area contributed by atoms with Gasteiger partial charge in [0.15, 0.2) is 6.61 Å². The Kier molecular flexibility index (Phi) is 6.17. The summed E-state index contributed by atoms with van der Waals surface area (Å²) in [6, 6.07) is 11.7. The Morgan fingerprint density at radius 2 is 1.83 bits per heavy atom. The molecule has 0 heterocycles. The van der Waals surface area contributed by atoms with Crippen LogP contribution < -0.4 is 15.8 Å². The van der Waals surface area contributed by atoms with E-state index in [4.69, 9.17) is 27.2 Å². The zero-order valence-electron chi connectivity index (χ0n) is 12.8. The maximum atomic E-state index is 10.8. The van der Waals surface area contributed by atoms with Crippen molar-refractivity contribution in [3.05, 3.63) is 64.2 Å². The first-order chi connectivity index (χ1) is 11.5. The highest BCUT2D eigenvalue weighted by molar-refractivity contribution is 6.30. The van der Waals surface area contributed by atoms with Gasteiger partial charge in [-0.15, -0.1) is 0 Å². The molecule has 0 aliphatic heterocycles. The number of benzene rings is 2. The zero-order valence-corrected chi connectivity index (χ0v) is 13.5. The fraction of sp³-hybridized carbons (Fsp3) is 0.176. The quantitative estimate of drug-likeness (QED) is 0.678. The molecule has 0 aliphatic carbocycles. The number of amides is 1. The average Bonchev–Trinajstić information content (AvgIpc) is 2.54. The van der Waals surface area contributed by atoms with Gasteiger partial charge >= 0.3 is 5.97 Å². The Bertz CT molecular complexity index is 732. The largest absolute Gasteiger partial charge is 0.483 e. The van der Waals surface area contributed by atoms with Crippen molar-refractivity contribution < 1.29 is 19.4 Å². The molecule has 0 saturated heterocycles. The van der Waals surface area contributed by atoms with Crippen molar-refractivity contribution in [2.75, 3.05) is 6.61 Å². The zero-order chi connectivity index (χ0) is 17.5. The van der Waals surface area contributed by atoms with Gasteiger partial charge in [0.05, 0.1) is 5.56 Å². The standard InChI is InChI=1S/C17H17ClN2O4/c18-14-5-6-15(24-10-16(19)21)13(7-14)9-20-8-11-1-3-12(4-2-11)17(22)23/h1-7,20H,8-10H2,(H2,19,21)(H,22,23). The Balaban J connectivity index is 1.96. The molecule has 6 nitrogen and oxygen atoms in total. The number of primary amides is 1. The number of hydrogen-bond acceptors (Lipinski definition) is 4. The third-order valence-corrected chi connectivity index (χ3v) is 3.47. The molecule has 2 aromatic rings. The number of carboxylic acids is 1. The van der Waals surface area contributed by atoms with Crippen LogP contribution in [0.15, 0.2) is 42.5 Å². The van der Waals surface area contributed by atoms with Gasteiger partial charge < -0.3 is 20.9 Å². The van der Waals surface area contributed by atoms with E-state index in [1.54, 1.807) is 42.5 Å². The van der Waals surface area contributed by atoms with Crippen LogP contribution in [0.1, 0.15) is 21.5 Å². The second-order valence-corrected chi connectivity index (χ2v) is 5.55. The number of carbonyl (C=O) groups is 2. The minimum absolute atomic E-state index is 0.203.